The van der Waals surface area contributed by atoms with Crippen LogP contribution in [0.25, 0.3) is 0 Å². The number of urea groups is 1. The Kier molecular flexibility index (Phi) is 7.10. The van der Waals surface area contributed by atoms with E-state index in [1.165, 1.54) is 12.8 Å². The fraction of sp³-hybridized carbons (Fsp3) is 0.450. The summed E-state index contributed by atoms with van der Waals surface area (Å²) >= 11 is 0. The molecule has 1 aromatic heterocycles. The normalized spacial score (nSPS) is 13.5. The summed E-state index contributed by atoms with van der Waals surface area (Å²) in [7, 11) is 0. The zero-order valence-corrected chi connectivity index (χ0v) is 14.9. The first-order chi connectivity index (χ1) is 12.8. The summed E-state index contributed by atoms with van der Waals surface area (Å²) in [5.74, 6) is 1.56. The third-order valence-electron chi connectivity index (χ3n) is 4.08. The van der Waals surface area contributed by atoms with Gasteiger partial charge in [-0.3, -0.25) is 0 Å². The quantitative estimate of drug-likeness (QED) is 0.597. The predicted molar refractivity (Wildman–Crippen MR) is 98.8 cm³/mol. The molecule has 3 rings (SSSR count). The van der Waals surface area contributed by atoms with Crippen LogP contribution < -0.4 is 10.6 Å². The Balaban J connectivity index is 1.27. The number of anilines is 1. The Labute approximate surface area is 153 Å². The van der Waals surface area contributed by atoms with E-state index in [2.05, 4.69) is 10.6 Å². The maximum absolute atomic E-state index is 11.9. The second-order valence-corrected chi connectivity index (χ2v) is 6.53. The van der Waals surface area contributed by atoms with Crippen molar-refractivity contribution >= 4 is 11.7 Å². The SMILES string of the molecule is O=C(NCCCOCc1ccco1)Nc1cccc(COCC2CC2)c1. The topological polar surface area (TPSA) is 72.7 Å². The number of hydrogen-bond acceptors (Lipinski definition) is 4. The molecule has 0 radical (unpaired) electrons. The first kappa shape index (κ1) is 18.5. The fourth-order valence-corrected chi connectivity index (χ4v) is 2.49. The van der Waals surface area contributed by atoms with E-state index in [9.17, 15) is 4.79 Å². The van der Waals surface area contributed by atoms with Crippen molar-refractivity contribution in [2.45, 2.75) is 32.5 Å². The molecule has 0 unspecified atom stereocenters. The summed E-state index contributed by atoms with van der Waals surface area (Å²) in [5.41, 5.74) is 1.83. The van der Waals surface area contributed by atoms with Gasteiger partial charge in [-0.25, -0.2) is 4.79 Å². The second-order valence-electron chi connectivity index (χ2n) is 6.53. The molecule has 2 amide bonds. The van der Waals surface area contributed by atoms with Gasteiger partial charge in [-0.05, 0) is 55.0 Å². The number of nitrogens with one attached hydrogen (secondary N) is 2. The minimum absolute atomic E-state index is 0.216. The van der Waals surface area contributed by atoms with Crippen molar-refractivity contribution in [3.8, 4) is 0 Å². The van der Waals surface area contributed by atoms with Gasteiger partial charge in [0.25, 0.3) is 0 Å². The zero-order valence-electron chi connectivity index (χ0n) is 14.9. The lowest BCUT2D eigenvalue weighted by molar-refractivity contribution is 0.104. The van der Waals surface area contributed by atoms with E-state index in [-0.39, 0.29) is 6.03 Å². The van der Waals surface area contributed by atoms with Gasteiger partial charge < -0.3 is 24.5 Å². The van der Waals surface area contributed by atoms with Crippen LogP contribution >= 0.6 is 0 Å². The summed E-state index contributed by atoms with van der Waals surface area (Å²) in [5, 5.41) is 5.67. The van der Waals surface area contributed by atoms with Gasteiger partial charge in [0.2, 0.25) is 0 Å². The third-order valence-corrected chi connectivity index (χ3v) is 4.08. The number of carbonyl (C=O) groups is 1. The van der Waals surface area contributed by atoms with Crippen LogP contribution in [0.3, 0.4) is 0 Å². The highest BCUT2D eigenvalue weighted by atomic mass is 16.5. The smallest absolute Gasteiger partial charge is 0.319 e. The summed E-state index contributed by atoms with van der Waals surface area (Å²) in [4.78, 5) is 11.9. The largest absolute Gasteiger partial charge is 0.467 e. The molecule has 2 N–H and O–H groups in total. The van der Waals surface area contributed by atoms with Gasteiger partial charge in [-0.1, -0.05) is 12.1 Å². The Bertz CT molecular complexity index is 668. The van der Waals surface area contributed by atoms with Gasteiger partial charge in [0.05, 0.1) is 12.9 Å². The van der Waals surface area contributed by atoms with Crippen LogP contribution in [0.5, 0.6) is 0 Å². The summed E-state index contributed by atoms with van der Waals surface area (Å²) < 4.78 is 16.3. The first-order valence-corrected chi connectivity index (χ1v) is 9.11. The van der Waals surface area contributed by atoms with E-state index in [1.807, 2.05) is 36.4 Å². The Morgan fingerprint density at radius 3 is 2.88 bits per heavy atom. The molecule has 1 saturated carbocycles. The van der Waals surface area contributed by atoms with Crippen LogP contribution in [0.4, 0.5) is 10.5 Å². The van der Waals surface area contributed by atoms with Crippen LogP contribution in [0, 0.1) is 5.92 Å². The highest BCUT2D eigenvalue weighted by Gasteiger charge is 2.21. The maximum atomic E-state index is 11.9. The van der Waals surface area contributed by atoms with E-state index in [4.69, 9.17) is 13.9 Å². The molecule has 0 aliphatic heterocycles. The van der Waals surface area contributed by atoms with E-state index >= 15 is 0 Å². The molecule has 1 fully saturated rings. The Morgan fingerprint density at radius 2 is 2.08 bits per heavy atom. The molecular formula is C20H26N2O4. The molecule has 6 nitrogen and oxygen atoms in total. The lowest BCUT2D eigenvalue weighted by Gasteiger charge is -2.09. The molecule has 0 bridgehead atoms. The van der Waals surface area contributed by atoms with Gasteiger partial charge >= 0.3 is 6.03 Å². The Hall–Kier alpha value is -2.31. The number of furan rings is 1. The molecule has 1 heterocycles. The minimum atomic E-state index is -0.216. The Morgan fingerprint density at radius 1 is 1.15 bits per heavy atom. The van der Waals surface area contributed by atoms with Crippen molar-refractivity contribution in [2.24, 2.45) is 5.92 Å². The molecular weight excluding hydrogens is 332 g/mol. The van der Waals surface area contributed by atoms with Crippen molar-refractivity contribution in [1.29, 1.82) is 0 Å². The molecule has 2 aromatic rings. The van der Waals surface area contributed by atoms with Crippen molar-refractivity contribution in [2.75, 3.05) is 25.1 Å². The number of hydrogen-bond donors (Lipinski definition) is 2. The van der Waals surface area contributed by atoms with Crippen LogP contribution in [0.2, 0.25) is 0 Å². The lowest BCUT2D eigenvalue weighted by Crippen LogP contribution is -2.30. The molecule has 1 aliphatic carbocycles. The van der Waals surface area contributed by atoms with Crippen molar-refractivity contribution < 1.29 is 18.7 Å². The van der Waals surface area contributed by atoms with Gasteiger partial charge in [-0.2, -0.15) is 0 Å². The van der Waals surface area contributed by atoms with Gasteiger partial charge in [0.1, 0.15) is 12.4 Å². The monoisotopic (exact) mass is 358 g/mol. The zero-order chi connectivity index (χ0) is 18.0. The molecule has 6 heteroatoms. The van der Waals surface area contributed by atoms with E-state index < -0.39 is 0 Å². The minimum Gasteiger partial charge on any atom is -0.467 e. The van der Waals surface area contributed by atoms with Crippen LogP contribution in [0.1, 0.15) is 30.6 Å². The first-order valence-electron chi connectivity index (χ1n) is 9.11. The van der Waals surface area contributed by atoms with Crippen LogP contribution in [-0.4, -0.2) is 25.8 Å². The van der Waals surface area contributed by atoms with Crippen LogP contribution in [0.15, 0.2) is 47.1 Å². The maximum Gasteiger partial charge on any atom is 0.319 e. The van der Waals surface area contributed by atoms with Crippen LogP contribution in [-0.2, 0) is 22.7 Å². The standard InChI is InChI=1S/C20H26N2O4/c23-20(21-9-3-10-24-15-19-6-2-11-26-19)22-18-5-1-4-17(12-18)14-25-13-16-7-8-16/h1-2,4-6,11-12,16H,3,7-10,13-15H2,(H2,21,22,23). The molecule has 0 atom stereocenters. The highest BCUT2D eigenvalue weighted by molar-refractivity contribution is 5.89. The van der Waals surface area contributed by atoms with E-state index in [0.29, 0.717) is 26.4 Å². The third kappa shape index (κ3) is 6.90. The molecule has 1 aromatic carbocycles. The van der Waals surface area contributed by atoms with E-state index in [0.717, 1.165) is 36.0 Å². The molecule has 0 saturated heterocycles. The van der Waals surface area contributed by atoms with E-state index in [1.54, 1.807) is 6.26 Å². The van der Waals surface area contributed by atoms with Gasteiger partial charge in [-0.15, -0.1) is 0 Å². The van der Waals surface area contributed by atoms with Gasteiger partial charge in [0, 0.05) is 25.4 Å². The number of carbonyl (C=O) groups excluding carboxylic acids is 1. The molecule has 26 heavy (non-hydrogen) atoms. The number of rotatable bonds is 11. The van der Waals surface area contributed by atoms with Crippen molar-refractivity contribution in [1.82, 2.24) is 5.32 Å². The average Bonchev–Trinajstić information content (AvgIpc) is 3.31. The van der Waals surface area contributed by atoms with Gasteiger partial charge in [0.15, 0.2) is 0 Å². The second kappa shape index (κ2) is 9.99. The number of amides is 2. The molecule has 1 aliphatic rings. The van der Waals surface area contributed by atoms with Crippen molar-refractivity contribution in [3.05, 3.63) is 54.0 Å². The van der Waals surface area contributed by atoms with Crippen molar-refractivity contribution in [3.63, 3.8) is 0 Å². The highest BCUT2D eigenvalue weighted by Crippen LogP contribution is 2.29. The number of ether oxygens (including phenoxy) is 2. The molecule has 0 spiro atoms. The molecule has 140 valence electrons. The average molecular weight is 358 g/mol. The summed E-state index contributed by atoms with van der Waals surface area (Å²) in [6, 6.07) is 11.2. The summed E-state index contributed by atoms with van der Waals surface area (Å²) in [6.07, 6.45) is 4.94. The summed E-state index contributed by atoms with van der Waals surface area (Å²) in [6.45, 7) is 2.98. The predicted octanol–water partition coefficient (Wildman–Crippen LogP) is 3.93. The lowest BCUT2D eigenvalue weighted by atomic mass is 10.2. The fourth-order valence-electron chi connectivity index (χ4n) is 2.49. The number of benzene rings is 1.